The van der Waals surface area contributed by atoms with Gasteiger partial charge in [0.05, 0.1) is 22.7 Å². The topological polar surface area (TPSA) is 47.8 Å². The van der Waals surface area contributed by atoms with Crippen LogP contribution in [0.25, 0.3) is 21.8 Å². The van der Waals surface area contributed by atoms with E-state index >= 15 is 0 Å². The van der Waals surface area contributed by atoms with Crippen LogP contribution in [0.5, 0.6) is 0 Å². The summed E-state index contributed by atoms with van der Waals surface area (Å²) in [6.07, 6.45) is 7.64. The van der Waals surface area contributed by atoms with Crippen molar-refractivity contribution in [1.29, 1.82) is 0 Å². The number of nitrogens with zero attached hydrogens (tertiary/aromatic N) is 3. The van der Waals surface area contributed by atoms with Gasteiger partial charge in [0.25, 0.3) is 5.56 Å². The van der Waals surface area contributed by atoms with E-state index in [0.717, 1.165) is 42.1 Å². The lowest BCUT2D eigenvalue weighted by atomic mass is 9.75. The highest BCUT2D eigenvalue weighted by Gasteiger charge is 2.28. The monoisotopic (exact) mass is 401 g/mol. The van der Waals surface area contributed by atoms with Crippen molar-refractivity contribution >= 4 is 21.8 Å². The predicted molar refractivity (Wildman–Crippen MR) is 117 cm³/mol. The van der Waals surface area contributed by atoms with Crippen molar-refractivity contribution in [2.75, 3.05) is 0 Å². The van der Waals surface area contributed by atoms with Crippen molar-refractivity contribution < 1.29 is 4.39 Å². The van der Waals surface area contributed by atoms with E-state index in [4.69, 9.17) is 0 Å². The molecule has 1 aliphatic carbocycles. The summed E-state index contributed by atoms with van der Waals surface area (Å²) in [5.41, 5.74) is 2.81. The van der Waals surface area contributed by atoms with Crippen LogP contribution in [0.4, 0.5) is 4.39 Å². The zero-order valence-corrected chi connectivity index (χ0v) is 17.0. The molecule has 4 nitrogen and oxygen atoms in total. The minimum Gasteiger partial charge on any atom is -0.296 e. The van der Waals surface area contributed by atoms with Gasteiger partial charge in [-0.3, -0.25) is 14.3 Å². The second kappa shape index (κ2) is 7.63. The first-order chi connectivity index (χ1) is 14.6. The van der Waals surface area contributed by atoms with Gasteiger partial charge >= 0.3 is 0 Å². The molecular weight excluding hydrogens is 377 g/mol. The molecule has 2 aromatic heterocycles. The van der Waals surface area contributed by atoms with Crippen LogP contribution in [-0.2, 0) is 0 Å². The van der Waals surface area contributed by atoms with Gasteiger partial charge in [-0.1, -0.05) is 12.1 Å². The summed E-state index contributed by atoms with van der Waals surface area (Å²) in [5.74, 6) is 0.598. The molecule has 1 saturated carbocycles. The standard InChI is InChI=1S/C25H24FN3O/c1-16(29-15-28-23-5-3-2-4-21(23)25(29)30)17-6-8-18(9-7-17)20-12-13-27-24-11-10-19(26)14-22(20)24/h2-5,10-18H,6-9H2,1H3/t16-,17?,18?/m1/s1. The third-order valence-electron chi connectivity index (χ3n) is 6.76. The normalized spacial score (nSPS) is 20.5. The lowest BCUT2D eigenvalue weighted by Crippen LogP contribution is -2.30. The summed E-state index contributed by atoms with van der Waals surface area (Å²) in [6.45, 7) is 2.13. The molecule has 5 rings (SSSR count). The largest absolute Gasteiger partial charge is 0.296 e. The molecule has 0 bridgehead atoms. The van der Waals surface area contributed by atoms with Crippen LogP contribution in [0.1, 0.15) is 50.1 Å². The van der Waals surface area contributed by atoms with E-state index in [1.165, 1.54) is 11.6 Å². The van der Waals surface area contributed by atoms with Crippen LogP contribution < -0.4 is 5.56 Å². The van der Waals surface area contributed by atoms with Gasteiger partial charge in [-0.05, 0) is 86.4 Å². The number of pyridine rings is 1. The maximum atomic E-state index is 13.8. The Morgan fingerprint density at radius 1 is 0.967 bits per heavy atom. The Balaban J connectivity index is 1.37. The number of halogens is 1. The fourth-order valence-electron chi connectivity index (χ4n) is 5.01. The first-order valence-electron chi connectivity index (χ1n) is 10.6. The van der Waals surface area contributed by atoms with Crippen LogP contribution in [0.3, 0.4) is 0 Å². The number of hydrogen-bond acceptors (Lipinski definition) is 3. The van der Waals surface area contributed by atoms with Crippen molar-refractivity contribution in [3.8, 4) is 0 Å². The third kappa shape index (κ3) is 3.28. The van der Waals surface area contributed by atoms with E-state index < -0.39 is 0 Å². The number of para-hydroxylation sites is 1. The Labute approximate surface area is 174 Å². The highest BCUT2D eigenvalue weighted by molar-refractivity contribution is 5.82. The van der Waals surface area contributed by atoms with Crippen LogP contribution in [0, 0.1) is 11.7 Å². The van der Waals surface area contributed by atoms with Gasteiger partial charge in [-0.2, -0.15) is 0 Å². The van der Waals surface area contributed by atoms with E-state index in [9.17, 15) is 9.18 Å². The predicted octanol–water partition coefficient (Wildman–Crippen LogP) is 5.62. The van der Waals surface area contributed by atoms with Gasteiger partial charge in [-0.15, -0.1) is 0 Å². The molecule has 2 aromatic carbocycles. The zero-order chi connectivity index (χ0) is 20.7. The Morgan fingerprint density at radius 3 is 2.57 bits per heavy atom. The molecule has 0 unspecified atom stereocenters. The molecule has 0 amide bonds. The van der Waals surface area contributed by atoms with E-state index in [0.29, 0.717) is 17.2 Å². The molecule has 1 fully saturated rings. The fraction of sp³-hybridized carbons (Fsp3) is 0.320. The Hall–Kier alpha value is -3.08. The highest BCUT2D eigenvalue weighted by atomic mass is 19.1. The molecular formula is C25H24FN3O. The average molecular weight is 401 g/mol. The van der Waals surface area contributed by atoms with Crippen LogP contribution in [-0.4, -0.2) is 14.5 Å². The van der Waals surface area contributed by atoms with Crippen molar-refractivity contribution in [2.45, 2.75) is 44.6 Å². The van der Waals surface area contributed by atoms with E-state index in [-0.39, 0.29) is 17.4 Å². The molecule has 152 valence electrons. The van der Waals surface area contributed by atoms with E-state index in [1.807, 2.05) is 36.5 Å². The Morgan fingerprint density at radius 2 is 1.73 bits per heavy atom. The zero-order valence-electron chi connectivity index (χ0n) is 17.0. The highest BCUT2D eigenvalue weighted by Crippen LogP contribution is 2.41. The molecule has 0 saturated heterocycles. The second-order valence-corrected chi connectivity index (χ2v) is 8.39. The van der Waals surface area contributed by atoms with Crippen LogP contribution in [0.15, 0.2) is 65.8 Å². The second-order valence-electron chi connectivity index (χ2n) is 8.39. The van der Waals surface area contributed by atoms with Gasteiger partial charge in [-0.25, -0.2) is 9.37 Å². The SMILES string of the molecule is C[C@H](C1CCC(c2ccnc3ccc(F)cc23)CC1)n1cnc2ccccc2c1=O. The number of aromatic nitrogens is 3. The summed E-state index contributed by atoms with van der Waals surface area (Å²) >= 11 is 0. The number of fused-ring (bicyclic) bond motifs is 2. The average Bonchev–Trinajstić information content (AvgIpc) is 2.79. The maximum absolute atomic E-state index is 13.8. The maximum Gasteiger partial charge on any atom is 0.261 e. The number of hydrogen-bond donors (Lipinski definition) is 0. The van der Waals surface area contributed by atoms with Crippen molar-refractivity contribution in [2.24, 2.45) is 5.92 Å². The summed E-state index contributed by atoms with van der Waals surface area (Å²) in [7, 11) is 0. The molecule has 0 spiro atoms. The molecule has 2 heterocycles. The smallest absolute Gasteiger partial charge is 0.261 e. The lowest BCUT2D eigenvalue weighted by Gasteiger charge is -2.33. The first kappa shape index (κ1) is 18.9. The van der Waals surface area contributed by atoms with E-state index in [1.54, 1.807) is 23.0 Å². The van der Waals surface area contributed by atoms with E-state index in [2.05, 4.69) is 16.9 Å². The fourth-order valence-corrected chi connectivity index (χ4v) is 5.01. The Bertz CT molecular complexity index is 1270. The van der Waals surface area contributed by atoms with Gasteiger partial charge in [0, 0.05) is 17.6 Å². The summed E-state index contributed by atoms with van der Waals surface area (Å²) in [5, 5.41) is 1.59. The quantitative estimate of drug-likeness (QED) is 0.448. The van der Waals surface area contributed by atoms with Crippen LogP contribution >= 0.6 is 0 Å². The van der Waals surface area contributed by atoms with Crippen molar-refractivity contribution in [1.82, 2.24) is 14.5 Å². The third-order valence-corrected chi connectivity index (χ3v) is 6.76. The minimum atomic E-state index is -0.220. The first-order valence-corrected chi connectivity index (χ1v) is 10.6. The molecule has 0 aliphatic heterocycles. The van der Waals surface area contributed by atoms with Crippen LogP contribution in [0.2, 0.25) is 0 Å². The van der Waals surface area contributed by atoms with Gasteiger partial charge in [0.15, 0.2) is 0 Å². The molecule has 5 heteroatoms. The number of benzene rings is 2. The summed E-state index contributed by atoms with van der Waals surface area (Å²) < 4.78 is 15.6. The lowest BCUT2D eigenvalue weighted by molar-refractivity contribution is 0.243. The molecule has 30 heavy (non-hydrogen) atoms. The summed E-state index contributed by atoms with van der Waals surface area (Å²) in [6, 6.07) is 14.5. The summed E-state index contributed by atoms with van der Waals surface area (Å²) in [4.78, 5) is 21.8. The molecule has 0 radical (unpaired) electrons. The van der Waals surface area contributed by atoms with Gasteiger partial charge < -0.3 is 0 Å². The number of rotatable bonds is 3. The van der Waals surface area contributed by atoms with Gasteiger partial charge in [0.1, 0.15) is 5.82 Å². The minimum absolute atomic E-state index is 0.0332. The Kier molecular flexibility index (Phi) is 4.81. The molecule has 4 aromatic rings. The molecule has 0 N–H and O–H groups in total. The molecule has 1 atom stereocenters. The van der Waals surface area contributed by atoms with Crippen molar-refractivity contribution in [3.05, 3.63) is 82.8 Å². The van der Waals surface area contributed by atoms with Gasteiger partial charge in [0.2, 0.25) is 0 Å². The molecule has 1 aliphatic rings. The van der Waals surface area contributed by atoms with Crippen molar-refractivity contribution in [3.63, 3.8) is 0 Å².